The zero-order chi connectivity index (χ0) is 14.8. The predicted octanol–water partition coefficient (Wildman–Crippen LogP) is 4.10. The van der Waals surface area contributed by atoms with Crippen LogP contribution in [0, 0.1) is 13.8 Å². The molecule has 3 nitrogen and oxygen atoms in total. The molecule has 1 aromatic heterocycles. The van der Waals surface area contributed by atoms with Gasteiger partial charge in [0.25, 0.3) is 5.91 Å². The van der Waals surface area contributed by atoms with E-state index in [1.165, 1.54) is 0 Å². The number of aromatic nitrogens is 1. The molecule has 0 spiro atoms. The third-order valence-corrected chi connectivity index (χ3v) is 3.38. The zero-order valence-corrected chi connectivity index (χ0v) is 12.1. The summed E-state index contributed by atoms with van der Waals surface area (Å²) in [6.07, 6.45) is 3.52. The lowest BCUT2D eigenvalue weighted by Gasteiger charge is -2.08. The number of hydrogen-bond donors (Lipinski definition) is 1. The summed E-state index contributed by atoms with van der Waals surface area (Å²) in [5.41, 5.74) is 3.74. The Kier molecular flexibility index (Phi) is 3.40. The number of rotatable bonds is 2. The van der Waals surface area contributed by atoms with Crippen LogP contribution in [-0.4, -0.2) is 10.9 Å². The maximum absolute atomic E-state index is 12.4. The minimum Gasteiger partial charge on any atom is -0.322 e. The van der Waals surface area contributed by atoms with E-state index in [-0.39, 0.29) is 5.91 Å². The summed E-state index contributed by atoms with van der Waals surface area (Å²) in [7, 11) is 0. The van der Waals surface area contributed by atoms with Gasteiger partial charge in [-0.15, -0.1) is 0 Å². The van der Waals surface area contributed by atoms with Crippen LogP contribution in [0.2, 0.25) is 0 Å². The van der Waals surface area contributed by atoms with Crippen LogP contribution in [-0.2, 0) is 0 Å². The van der Waals surface area contributed by atoms with E-state index in [1.807, 2.05) is 50.2 Å². The molecule has 1 amide bonds. The zero-order valence-electron chi connectivity index (χ0n) is 12.1. The number of fused-ring (bicyclic) bond motifs is 1. The molecule has 0 atom stereocenters. The number of hydrogen-bond acceptors (Lipinski definition) is 2. The molecule has 0 aliphatic rings. The van der Waals surface area contributed by atoms with Crippen molar-refractivity contribution in [3.63, 3.8) is 0 Å². The van der Waals surface area contributed by atoms with Crippen molar-refractivity contribution in [1.82, 2.24) is 4.98 Å². The first-order valence-corrected chi connectivity index (χ1v) is 6.85. The number of benzene rings is 2. The predicted molar refractivity (Wildman–Crippen MR) is 85.6 cm³/mol. The van der Waals surface area contributed by atoms with Gasteiger partial charge in [0.2, 0.25) is 0 Å². The summed E-state index contributed by atoms with van der Waals surface area (Å²) in [6.45, 7) is 4.04. The topological polar surface area (TPSA) is 42.0 Å². The van der Waals surface area contributed by atoms with E-state index in [0.717, 1.165) is 27.6 Å². The minimum absolute atomic E-state index is 0.0984. The van der Waals surface area contributed by atoms with Crippen LogP contribution in [0.1, 0.15) is 21.5 Å². The van der Waals surface area contributed by atoms with Gasteiger partial charge in [-0.05, 0) is 60.7 Å². The quantitative estimate of drug-likeness (QED) is 0.765. The first kappa shape index (κ1) is 13.3. The summed E-state index contributed by atoms with van der Waals surface area (Å²) in [6, 6.07) is 13.5. The summed E-state index contributed by atoms with van der Waals surface area (Å²) in [4.78, 5) is 16.4. The number of nitrogens with one attached hydrogen (secondary N) is 1. The number of nitrogens with zero attached hydrogens (tertiary/aromatic N) is 1. The van der Waals surface area contributed by atoms with Crippen LogP contribution in [0.25, 0.3) is 10.8 Å². The Morgan fingerprint density at radius 3 is 2.48 bits per heavy atom. The number of carbonyl (C=O) groups is 1. The van der Waals surface area contributed by atoms with Crippen LogP contribution in [0.15, 0.2) is 54.9 Å². The number of amides is 1. The van der Waals surface area contributed by atoms with Gasteiger partial charge in [0.1, 0.15) is 0 Å². The third kappa shape index (κ3) is 2.92. The largest absolute Gasteiger partial charge is 0.322 e. The van der Waals surface area contributed by atoms with Crippen LogP contribution in [0.4, 0.5) is 5.69 Å². The standard InChI is InChI=1S/C18H16N2O/c1-12-7-13(2)9-17(8-12)20-18(21)15-3-4-16-11-19-6-5-14(16)10-15/h3-11H,1-2H3,(H,20,21). The van der Waals surface area contributed by atoms with Gasteiger partial charge >= 0.3 is 0 Å². The van der Waals surface area contributed by atoms with Crippen molar-refractivity contribution < 1.29 is 4.79 Å². The number of pyridine rings is 1. The van der Waals surface area contributed by atoms with Gasteiger partial charge in [-0.3, -0.25) is 9.78 Å². The second-order valence-corrected chi connectivity index (χ2v) is 5.27. The molecule has 0 aliphatic carbocycles. The molecule has 0 fully saturated rings. The van der Waals surface area contributed by atoms with Crippen molar-refractivity contribution in [2.75, 3.05) is 5.32 Å². The van der Waals surface area contributed by atoms with E-state index >= 15 is 0 Å². The second-order valence-electron chi connectivity index (χ2n) is 5.27. The maximum atomic E-state index is 12.4. The highest BCUT2D eigenvalue weighted by atomic mass is 16.1. The molecule has 0 radical (unpaired) electrons. The van der Waals surface area contributed by atoms with Crippen LogP contribution in [0.5, 0.6) is 0 Å². The van der Waals surface area contributed by atoms with Gasteiger partial charge < -0.3 is 5.32 Å². The van der Waals surface area contributed by atoms with E-state index in [0.29, 0.717) is 5.56 Å². The molecule has 0 saturated heterocycles. The SMILES string of the molecule is Cc1cc(C)cc(NC(=O)c2ccc3cnccc3c2)c1. The molecule has 104 valence electrons. The van der Waals surface area contributed by atoms with Crippen molar-refractivity contribution in [3.05, 3.63) is 71.5 Å². The summed E-state index contributed by atoms with van der Waals surface area (Å²) in [5, 5.41) is 4.99. The van der Waals surface area contributed by atoms with Crippen molar-refractivity contribution in [1.29, 1.82) is 0 Å². The molecule has 0 aliphatic heterocycles. The van der Waals surface area contributed by atoms with E-state index in [9.17, 15) is 4.79 Å². The smallest absolute Gasteiger partial charge is 0.255 e. The van der Waals surface area contributed by atoms with Crippen molar-refractivity contribution in [3.8, 4) is 0 Å². The molecule has 2 aromatic carbocycles. The number of aryl methyl sites for hydroxylation is 2. The summed E-state index contributed by atoms with van der Waals surface area (Å²) in [5.74, 6) is -0.0984. The van der Waals surface area contributed by atoms with Gasteiger partial charge in [0.05, 0.1) is 0 Å². The molecule has 1 heterocycles. The van der Waals surface area contributed by atoms with Crippen molar-refractivity contribution in [2.24, 2.45) is 0 Å². The Balaban J connectivity index is 1.89. The molecule has 3 aromatic rings. The van der Waals surface area contributed by atoms with E-state index in [1.54, 1.807) is 12.4 Å². The highest BCUT2D eigenvalue weighted by Gasteiger charge is 2.07. The first-order valence-electron chi connectivity index (χ1n) is 6.85. The van der Waals surface area contributed by atoms with Crippen LogP contribution >= 0.6 is 0 Å². The molecule has 1 N–H and O–H groups in total. The molecule has 0 saturated carbocycles. The molecule has 3 rings (SSSR count). The van der Waals surface area contributed by atoms with Crippen LogP contribution < -0.4 is 5.32 Å². The minimum atomic E-state index is -0.0984. The lowest BCUT2D eigenvalue weighted by molar-refractivity contribution is 0.102. The van der Waals surface area contributed by atoms with E-state index in [2.05, 4.69) is 16.4 Å². The highest BCUT2D eigenvalue weighted by Crippen LogP contribution is 2.18. The monoisotopic (exact) mass is 276 g/mol. The number of anilines is 1. The summed E-state index contributed by atoms with van der Waals surface area (Å²) < 4.78 is 0. The maximum Gasteiger partial charge on any atom is 0.255 e. The van der Waals surface area contributed by atoms with Crippen molar-refractivity contribution in [2.45, 2.75) is 13.8 Å². The Bertz CT molecular complexity index is 804. The molecular formula is C18H16N2O. The fraction of sp³-hybridized carbons (Fsp3) is 0.111. The second kappa shape index (κ2) is 5.37. The Hall–Kier alpha value is -2.68. The third-order valence-electron chi connectivity index (χ3n) is 3.38. The van der Waals surface area contributed by atoms with E-state index in [4.69, 9.17) is 0 Å². The van der Waals surface area contributed by atoms with Gasteiger partial charge in [0.15, 0.2) is 0 Å². The van der Waals surface area contributed by atoms with E-state index < -0.39 is 0 Å². The average Bonchev–Trinajstić information content (AvgIpc) is 2.45. The molecule has 3 heteroatoms. The Labute approximate surface area is 123 Å². The van der Waals surface area contributed by atoms with Gasteiger partial charge in [-0.25, -0.2) is 0 Å². The normalized spacial score (nSPS) is 10.6. The van der Waals surface area contributed by atoms with Gasteiger partial charge in [-0.2, -0.15) is 0 Å². The molecule has 21 heavy (non-hydrogen) atoms. The average molecular weight is 276 g/mol. The van der Waals surface area contributed by atoms with Gasteiger partial charge in [-0.1, -0.05) is 12.1 Å². The summed E-state index contributed by atoms with van der Waals surface area (Å²) >= 11 is 0. The first-order chi connectivity index (χ1) is 10.1. The van der Waals surface area contributed by atoms with Crippen LogP contribution in [0.3, 0.4) is 0 Å². The fourth-order valence-corrected chi connectivity index (χ4v) is 2.47. The molecule has 0 bridgehead atoms. The molecule has 0 unspecified atom stereocenters. The van der Waals surface area contributed by atoms with Gasteiger partial charge in [0, 0.05) is 29.0 Å². The van der Waals surface area contributed by atoms with Crippen molar-refractivity contribution >= 4 is 22.4 Å². The lowest BCUT2D eigenvalue weighted by atomic mass is 10.1. The highest BCUT2D eigenvalue weighted by molar-refractivity contribution is 6.06. The Morgan fingerprint density at radius 1 is 0.952 bits per heavy atom. The number of carbonyl (C=O) groups excluding carboxylic acids is 1. The Morgan fingerprint density at radius 2 is 1.71 bits per heavy atom. The lowest BCUT2D eigenvalue weighted by Crippen LogP contribution is -2.12. The fourth-order valence-electron chi connectivity index (χ4n) is 2.47. The molecular weight excluding hydrogens is 260 g/mol.